The Kier molecular flexibility index (Phi) is 4.89. The zero-order valence-corrected chi connectivity index (χ0v) is 13.9. The van der Waals surface area contributed by atoms with Crippen molar-refractivity contribution in [3.63, 3.8) is 0 Å². The van der Waals surface area contributed by atoms with E-state index in [2.05, 4.69) is 25.6 Å². The van der Waals surface area contributed by atoms with Crippen LogP contribution in [0.25, 0.3) is 5.95 Å². The molecule has 2 aromatic heterocycles. The number of carbonyl (C=O) groups is 1. The lowest BCUT2D eigenvalue weighted by Crippen LogP contribution is -2.20. The molecule has 0 aliphatic carbocycles. The van der Waals surface area contributed by atoms with Gasteiger partial charge < -0.3 is 15.4 Å². The van der Waals surface area contributed by atoms with Gasteiger partial charge >= 0.3 is 6.03 Å². The number of benzene rings is 1. The van der Waals surface area contributed by atoms with Crippen LogP contribution in [0, 0.1) is 6.92 Å². The van der Waals surface area contributed by atoms with Crippen LogP contribution >= 0.6 is 0 Å². The Balaban J connectivity index is 1.66. The van der Waals surface area contributed by atoms with E-state index < -0.39 is 6.03 Å². The molecule has 0 saturated carbocycles. The largest absolute Gasteiger partial charge is 0.492 e. The number of rotatable bonds is 5. The lowest BCUT2D eigenvalue weighted by Gasteiger charge is -2.12. The van der Waals surface area contributed by atoms with Crippen LogP contribution in [-0.4, -0.2) is 32.2 Å². The standard InChI is InChI=1S/C17H18N6O2/c1-3-25-15-7-5-4-6-14(15)22-17(24)21-13-10-19-16(20-11-13)23-9-8-18-12(23)2/h4-11H,3H2,1-2H3,(H2,21,22,24). The van der Waals surface area contributed by atoms with Gasteiger partial charge in [-0.15, -0.1) is 0 Å². The summed E-state index contributed by atoms with van der Waals surface area (Å²) in [6.45, 7) is 4.26. The van der Waals surface area contributed by atoms with Crippen molar-refractivity contribution in [2.24, 2.45) is 0 Å². The maximum atomic E-state index is 12.2. The predicted octanol–water partition coefficient (Wildman–Crippen LogP) is 3.01. The van der Waals surface area contributed by atoms with E-state index in [1.807, 2.05) is 26.0 Å². The molecular formula is C17H18N6O2. The summed E-state index contributed by atoms with van der Waals surface area (Å²) in [6.07, 6.45) is 6.52. The number of imidazole rings is 1. The van der Waals surface area contributed by atoms with Gasteiger partial charge in [-0.1, -0.05) is 12.1 Å². The molecule has 0 radical (unpaired) electrons. The Morgan fingerprint density at radius 3 is 2.60 bits per heavy atom. The van der Waals surface area contributed by atoms with Gasteiger partial charge in [0.15, 0.2) is 0 Å². The molecule has 0 atom stereocenters. The topological polar surface area (TPSA) is 94.0 Å². The van der Waals surface area contributed by atoms with Crippen LogP contribution in [-0.2, 0) is 0 Å². The van der Waals surface area contributed by atoms with Crippen molar-refractivity contribution in [3.05, 3.63) is 54.9 Å². The number of aryl methyl sites for hydroxylation is 1. The lowest BCUT2D eigenvalue weighted by atomic mass is 10.3. The molecule has 0 saturated heterocycles. The first-order valence-corrected chi connectivity index (χ1v) is 7.79. The third-order valence-electron chi connectivity index (χ3n) is 3.37. The number of nitrogens with one attached hydrogen (secondary N) is 2. The smallest absolute Gasteiger partial charge is 0.323 e. The Morgan fingerprint density at radius 2 is 1.92 bits per heavy atom. The van der Waals surface area contributed by atoms with E-state index in [4.69, 9.17) is 4.74 Å². The normalized spacial score (nSPS) is 10.3. The molecule has 128 valence electrons. The minimum Gasteiger partial charge on any atom is -0.492 e. The van der Waals surface area contributed by atoms with Gasteiger partial charge in [0, 0.05) is 12.4 Å². The Morgan fingerprint density at radius 1 is 1.16 bits per heavy atom. The predicted molar refractivity (Wildman–Crippen MR) is 94.1 cm³/mol. The summed E-state index contributed by atoms with van der Waals surface area (Å²) in [5.41, 5.74) is 1.07. The quantitative estimate of drug-likeness (QED) is 0.746. The van der Waals surface area contributed by atoms with Gasteiger partial charge in [0.2, 0.25) is 5.95 Å². The van der Waals surface area contributed by atoms with Gasteiger partial charge in [0.1, 0.15) is 11.6 Å². The van der Waals surface area contributed by atoms with Gasteiger partial charge in [0.25, 0.3) is 0 Å². The summed E-state index contributed by atoms with van der Waals surface area (Å²) >= 11 is 0. The van der Waals surface area contributed by atoms with Crippen molar-refractivity contribution in [2.45, 2.75) is 13.8 Å². The van der Waals surface area contributed by atoms with Crippen molar-refractivity contribution in [1.82, 2.24) is 19.5 Å². The summed E-state index contributed by atoms with van der Waals surface area (Å²) in [5.74, 6) is 1.89. The van der Waals surface area contributed by atoms with E-state index in [0.717, 1.165) is 5.82 Å². The van der Waals surface area contributed by atoms with Crippen LogP contribution in [0.1, 0.15) is 12.7 Å². The average molecular weight is 338 g/mol. The number of nitrogens with zero attached hydrogens (tertiary/aromatic N) is 4. The van der Waals surface area contributed by atoms with E-state index in [9.17, 15) is 4.79 Å². The molecule has 0 unspecified atom stereocenters. The van der Waals surface area contributed by atoms with Crippen molar-refractivity contribution in [3.8, 4) is 11.7 Å². The Labute approximate surface area is 144 Å². The molecular weight excluding hydrogens is 320 g/mol. The SMILES string of the molecule is CCOc1ccccc1NC(=O)Nc1cnc(-n2ccnc2C)nc1. The average Bonchev–Trinajstić information content (AvgIpc) is 3.03. The van der Waals surface area contributed by atoms with Crippen molar-refractivity contribution in [2.75, 3.05) is 17.2 Å². The number of carbonyl (C=O) groups excluding carboxylic acids is 1. The van der Waals surface area contributed by atoms with E-state index in [1.54, 1.807) is 29.1 Å². The fourth-order valence-corrected chi connectivity index (χ4v) is 2.24. The van der Waals surface area contributed by atoms with Crippen LogP contribution in [0.3, 0.4) is 0 Å². The van der Waals surface area contributed by atoms with Crippen LogP contribution in [0.2, 0.25) is 0 Å². The van der Waals surface area contributed by atoms with E-state index in [1.165, 1.54) is 12.4 Å². The Hall–Kier alpha value is -3.42. The minimum atomic E-state index is -0.401. The first-order valence-electron chi connectivity index (χ1n) is 7.79. The second-order valence-corrected chi connectivity index (χ2v) is 5.12. The molecule has 3 rings (SSSR count). The van der Waals surface area contributed by atoms with Gasteiger partial charge in [-0.3, -0.25) is 4.57 Å². The highest BCUT2D eigenvalue weighted by Gasteiger charge is 2.09. The molecule has 2 N–H and O–H groups in total. The molecule has 0 aliphatic heterocycles. The lowest BCUT2D eigenvalue weighted by molar-refractivity contribution is 0.262. The number of anilines is 2. The zero-order chi connectivity index (χ0) is 17.6. The third-order valence-corrected chi connectivity index (χ3v) is 3.37. The fraction of sp³-hybridized carbons (Fsp3) is 0.176. The number of hydrogen-bond donors (Lipinski definition) is 2. The summed E-state index contributed by atoms with van der Waals surface area (Å²) in [6, 6.07) is 6.83. The molecule has 3 aromatic rings. The summed E-state index contributed by atoms with van der Waals surface area (Å²) in [4.78, 5) is 24.8. The van der Waals surface area contributed by atoms with Crippen LogP contribution < -0.4 is 15.4 Å². The fourth-order valence-electron chi connectivity index (χ4n) is 2.24. The summed E-state index contributed by atoms with van der Waals surface area (Å²) in [5, 5.41) is 5.44. The monoisotopic (exact) mass is 338 g/mol. The molecule has 2 heterocycles. The molecule has 0 fully saturated rings. The van der Waals surface area contributed by atoms with Gasteiger partial charge in [-0.2, -0.15) is 0 Å². The number of amides is 2. The highest BCUT2D eigenvalue weighted by Crippen LogP contribution is 2.23. The van der Waals surface area contributed by atoms with Crippen LogP contribution in [0.4, 0.5) is 16.2 Å². The van der Waals surface area contributed by atoms with E-state index >= 15 is 0 Å². The molecule has 2 amide bonds. The number of ether oxygens (including phenoxy) is 1. The molecule has 1 aromatic carbocycles. The molecule has 25 heavy (non-hydrogen) atoms. The molecule has 8 nitrogen and oxygen atoms in total. The molecule has 0 spiro atoms. The molecule has 0 aliphatic rings. The van der Waals surface area contributed by atoms with Crippen LogP contribution in [0.15, 0.2) is 49.1 Å². The summed E-state index contributed by atoms with van der Waals surface area (Å²) in [7, 11) is 0. The van der Waals surface area contributed by atoms with Gasteiger partial charge in [-0.05, 0) is 26.0 Å². The van der Waals surface area contributed by atoms with Gasteiger partial charge in [0.05, 0.1) is 30.4 Å². The number of hydrogen-bond acceptors (Lipinski definition) is 5. The van der Waals surface area contributed by atoms with Crippen molar-refractivity contribution < 1.29 is 9.53 Å². The maximum absolute atomic E-state index is 12.2. The number of para-hydroxylation sites is 2. The van der Waals surface area contributed by atoms with E-state index in [-0.39, 0.29) is 0 Å². The number of urea groups is 1. The van der Waals surface area contributed by atoms with E-state index in [0.29, 0.717) is 29.7 Å². The molecule has 8 heteroatoms. The van der Waals surface area contributed by atoms with Gasteiger partial charge in [-0.25, -0.2) is 19.7 Å². The summed E-state index contributed by atoms with van der Waals surface area (Å²) < 4.78 is 7.23. The van der Waals surface area contributed by atoms with Crippen molar-refractivity contribution in [1.29, 1.82) is 0 Å². The maximum Gasteiger partial charge on any atom is 0.323 e. The minimum absolute atomic E-state index is 0.401. The second-order valence-electron chi connectivity index (χ2n) is 5.12. The highest BCUT2D eigenvalue weighted by molar-refractivity contribution is 6.00. The first-order chi connectivity index (χ1) is 12.2. The molecule has 0 bridgehead atoms. The highest BCUT2D eigenvalue weighted by atomic mass is 16.5. The zero-order valence-electron chi connectivity index (χ0n) is 13.9. The number of aromatic nitrogens is 4. The Bertz CT molecular complexity index is 860. The first kappa shape index (κ1) is 16.4. The van der Waals surface area contributed by atoms with Crippen LogP contribution in [0.5, 0.6) is 5.75 Å². The second kappa shape index (κ2) is 7.43. The van der Waals surface area contributed by atoms with Crippen molar-refractivity contribution >= 4 is 17.4 Å². The third kappa shape index (κ3) is 3.92.